The lowest BCUT2D eigenvalue weighted by Gasteiger charge is -2.41. The van der Waals surface area contributed by atoms with Crippen LogP contribution in [0.5, 0.6) is 0 Å². The molecule has 0 aromatic heterocycles. The average Bonchev–Trinajstić information content (AvgIpc) is 3.23. The molecule has 1 aromatic rings. The molecule has 1 saturated carbocycles. The van der Waals surface area contributed by atoms with E-state index < -0.39 is 0 Å². The number of piperazine rings is 1. The molecular formula is C23H35N3O2. The highest BCUT2D eigenvalue weighted by atomic mass is 16.2. The summed E-state index contributed by atoms with van der Waals surface area (Å²) in [5.41, 5.74) is 1.13. The molecule has 2 atom stereocenters. The number of rotatable bonds is 6. The van der Waals surface area contributed by atoms with E-state index in [4.69, 9.17) is 0 Å². The largest absolute Gasteiger partial charge is 0.348 e. The van der Waals surface area contributed by atoms with Gasteiger partial charge in [0.15, 0.2) is 0 Å². The zero-order valence-corrected chi connectivity index (χ0v) is 17.6. The molecule has 28 heavy (non-hydrogen) atoms. The van der Waals surface area contributed by atoms with Gasteiger partial charge >= 0.3 is 0 Å². The minimum Gasteiger partial charge on any atom is -0.348 e. The Labute approximate surface area is 169 Å². The minimum atomic E-state index is -0.0787. The maximum Gasteiger partial charge on any atom is 0.238 e. The van der Waals surface area contributed by atoms with Crippen LogP contribution in [-0.4, -0.2) is 53.8 Å². The van der Waals surface area contributed by atoms with Crippen molar-refractivity contribution in [1.29, 1.82) is 0 Å². The van der Waals surface area contributed by atoms with Gasteiger partial charge in [-0.3, -0.25) is 14.5 Å². The molecule has 154 valence electrons. The van der Waals surface area contributed by atoms with E-state index in [1.54, 1.807) is 0 Å². The highest BCUT2D eigenvalue weighted by Crippen LogP contribution is 2.31. The molecule has 2 fully saturated rings. The van der Waals surface area contributed by atoms with Crippen molar-refractivity contribution in [2.24, 2.45) is 11.8 Å². The molecule has 1 N–H and O–H groups in total. The molecule has 0 radical (unpaired) electrons. The van der Waals surface area contributed by atoms with Crippen molar-refractivity contribution in [3.8, 4) is 0 Å². The van der Waals surface area contributed by atoms with Gasteiger partial charge in [-0.15, -0.1) is 0 Å². The Morgan fingerprint density at radius 3 is 2.14 bits per heavy atom. The van der Waals surface area contributed by atoms with Crippen molar-refractivity contribution in [2.45, 2.75) is 58.5 Å². The maximum atomic E-state index is 13.3. The molecule has 0 spiro atoms. The van der Waals surface area contributed by atoms with Crippen LogP contribution in [0, 0.1) is 11.8 Å². The first kappa shape index (κ1) is 20.8. The summed E-state index contributed by atoms with van der Waals surface area (Å²) in [6.45, 7) is 8.98. The van der Waals surface area contributed by atoms with E-state index in [-0.39, 0.29) is 29.8 Å². The fourth-order valence-corrected chi connectivity index (χ4v) is 4.66. The summed E-state index contributed by atoms with van der Waals surface area (Å²) >= 11 is 0. The first-order valence-corrected chi connectivity index (χ1v) is 10.9. The zero-order chi connectivity index (χ0) is 20.1. The van der Waals surface area contributed by atoms with Gasteiger partial charge in [-0.2, -0.15) is 0 Å². The molecule has 1 aromatic carbocycles. The van der Waals surface area contributed by atoms with E-state index in [2.05, 4.69) is 29.3 Å². The quantitative estimate of drug-likeness (QED) is 0.818. The second-order valence-corrected chi connectivity index (χ2v) is 8.65. The van der Waals surface area contributed by atoms with E-state index in [9.17, 15) is 9.59 Å². The maximum absolute atomic E-state index is 13.3. The minimum absolute atomic E-state index is 0.00131. The summed E-state index contributed by atoms with van der Waals surface area (Å²) in [6.07, 6.45) is 4.69. The summed E-state index contributed by atoms with van der Waals surface area (Å²) in [5.74, 6) is 0.827. The van der Waals surface area contributed by atoms with Gasteiger partial charge in [0.1, 0.15) is 0 Å². The van der Waals surface area contributed by atoms with Crippen molar-refractivity contribution >= 4 is 11.8 Å². The average molecular weight is 386 g/mol. The third-order valence-electron chi connectivity index (χ3n) is 6.29. The highest BCUT2D eigenvalue weighted by Gasteiger charge is 2.37. The van der Waals surface area contributed by atoms with Crippen LogP contribution in [0.4, 0.5) is 0 Å². The molecule has 5 heteroatoms. The molecule has 3 rings (SSSR count). The second-order valence-electron chi connectivity index (χ2n) is 8.65. The van der Waals surface area contributed by atoms with Gasteiger partial charge in [-0.05, 0) is 31.2 Å². The summed E-state index contributed by atoms with van der Waals surface area (Å²) < 4.78 is 0. The molecule has 2 amide bonds. The van der Waals surface area contributed by atoms with Crippen LogP contribution in [0.3, 0.4) is 0 Å². The fraction of sp³-hybridized carbons (Fsp3) is 0.652. The normalized spacial score (nSPS) is 20.9. The van der Waals surface area contributed by atoms with Crippen LogP contribution in [0.25, 0.3) is 0 Å². The molecule has 1 heterocycles. The lowest BCUT2D eigenvalue weighted by Crippen LogP contribution is -2.58. The van der Waals surface area contributed by atoms with E-state index >= 15 is 0 Å². The van der Waals surface area contributed by atoms with Gasteiger partial charge in [0.2, 0.25) is 11.8 Å². The molecule has 0 bridgehead atoms. The van der Waals surface area contributed by atoms with Crippen LogP contribution >= 0.6 is 0 Å². The number of nitrogens with one attached hydrogen (secondary N) is 1. The number of carbonyl (C=O) groups is 2. The number of hydrogen-bond donors (Lipinski definition) is 1. The number of hydrogen-bond acceptors (Lipinski definition) is 3. The van der Waals surface area contributed by atoms with Gasteiger partial charge < -0.3 is 10.2 Å². The van der Waals surface area contributed by atoms with Crippen LogP contribution in [0.15, 0.2) is 30.3 Å². The van der Waals surface area contributed by atoms with Crippen molar-refractivity contribution in [3.05, 3.63) is 35.9 Å². The van der Waals surface area contributed by atoms with Crippen molar-refractivity contribution in [2.75, 3.05) is 26.2 Å². The third-order valence-corrected chi connectivity index (χ3v) is 6.29. The molecule has 1 aliphatic carbocycles. The van der Waals surface area contributed by atoms with Gasteiger partial charge in [0.25, 0.3) is 0 Å². The Hall–Kier alpha value is -1.88. The fourth-order valence-electron chi connectivity index (χ4n) is 4.66. The van der Waals surface area contributed by atoms with Gasteiger partial charge in [0, 0.05) is 32.1 Å². The van der Waals surface area contributed by atoms with E-state index in [0.717, 1.165) is 44.6 Å². The topological polar surface area (TPSA) is 52.7 Å². The number of nitrogens with zero attached hydrogens (tertiary/aromatic N) is 2. The van der Waals surface area contributed by atoms with Crippen molar-refractivity contribution < 1.29 is 9.59 Å². The Balaban J connectivity index is 1.66. The Kier molecular flexibility index (Phi) is 7.11. The Morgan fingerprint density at radius 1 is 0.964 bits per heavy atom. The monoisotopic (exact) mass is 385 g/mol. The van der Waals surface area contributed by atoms with Crippen LogP contribution in [-0.2, 0) is 9.59 Å². The highest BCUT2D eigenvalue weighted by molar-refractivity contribution is 5.83. The SMILES string of the molecule is CC(C)C(=O)N1CCN([C@@H](C(=O)N[C@@H](C)c2ccccc2)C2CCCC2)CC1. The van der Waals surface area contributed by atoms with Crippen LogP contribution in [0.2, 0.25) is 0 Å². The first-order valence-electron chi connectivity index (χ1n) is 10.9. The van der Waals surface area contributed by atoms with E-state index in [0.29, 0.717) is 5.92 Å². The van der Waals surface area contributed by atoms with E-state index in [1.165, 1.54) is 12.8 Å². The second kappa shape index (κ2) is 9.55. The lowest BCUT2D eigenvalue weighted by molar-refractivity contribution is -0.138. The van der Waals surface area contributed by atoms with Gasteiger partial charge in [-0.25, -0.2) is 0 Å². The molecule has 5 nitrogen and oxygen atoms in total. The molecular weight excluding hydrogens is 350 g/mol. The lowest BCUT2D eigenvalue weighted by atomic mass is 9.94. The Morgan fingerprint density at radius 2 is 1.57 bits per heavy atom. The number of amides is 2. The molecule has 0 unspecified atom stereocenters. The smallest absolute Gasteiger partial charge is 0.238 e. The van der Waals surface area contributed by atoms with Crippen molar-refractivity contribution in [1.82, 2.24) is 15.1 Å². The predicted octanol–water partition coefficient (Wildman–Crippen LogP) is 3.22. The summed E-state index contributed by atoms with van der Waals surface area (Å²) in [7, 11) is 0. The van der Waals surface area contributed by atoms with Crippen molar-refractivity contribution in [3.63, 3.8) is 0 Å². The number of benzene rings is 1. The van der Waals surface area contributed by atoms with Crippen LogP contribution < -0.4 is 5.32 Å². The standard InChI is InChI=1S/C23H35N3O2/c1-17(2)23(28)26-15-13-25(14-16-26)21(20-11-7-8-12-20)22(27)24-18(3)19-9-5-4-6-10-19/h4-6,9-10,17-18,20-21H,7-8,11-16H2,1-3H3,(H,24,27)/t18-,21+/m0/s1. The van der Waals surface area contributed by atoms with Crippen LogP contribution in [0.1, 0.15) is 58.1 Å². The molecule has 1 aliphatic heterocycles. The molecule has 2 aliphatic rings. The number of carbonyl (C=O) groups excluding carboxylic acids is 2. The Bertz CT molecular complexity index is 647. The van der Waals surface area contributed by atoms with Gasteiger partial charge in [-0.1, -0.05) is 57.0 Å². The first-order chi connectivity index (χ1) is 13.5. The zero-order valence-electron chi connectivity index (χ0n) is 17.6. The molecule has 1 saturated heterocycles. The summed E-state index contributed by atoms with van der Waals surface area (Å²) in [6, 6.07) is 10.1. The van der Waals surface area contributed by atoms with Gasteiger partial charge in [0.05, 0.1) is 12.1 Å². The predicted molar refractivity (Wildman–Crippen MR) is 112 cm³/mol. The van der Waals surface area contributed by atoms with E-state index in [1.807, 2.05) is 36.9 Å². The summed E-state index contributed by atoms with van der Waals surface area (Å²) in [5, 5.41) is 3.26. The summed E-state index contributed by atoms with van der Waals surface area (Å²) in [4.78, 5) is 29.9. The third kappa shape index (κ3) is 4.93.